The Kier molecular flexibility index (Phi) is 20.9. The minimum absolute atomic E-state index is 0.00413. The number of ether oxygens (including phenoxy) is 4. The maximum atomic E-state index is 13.8. The lowest BCUT2D eigenvalue weighted by Crippen LogP contribution is -2.66. The van der Waals surface area contributed by atoms with Gasteiger partial charge in [0.1, 0.15) is 18.3 Å². The third-order valence-electron chi connectivity index (χ3n) is 13.7. The molecule has 22 heteroatoms. The van der Waals surface area contributed by atoms with Crippen molar-refractivity contribution in [2.75, 3.05) is 57.7 Å². The summed E-state index contributed by atoms with van der Waals surface area (Å²) in [4.78, 5) is 96.0. The first-order valence-corrected chi connectivity index (χ1v) is 30.5. The lowest BCUT2D eigenvalue weighted by Gasteiger charge is -2.51. The van der Waals surface area contributed by atoms with Crippen LogP contribution in [-0.2, 0) is 41.5 Å². The molecule has 2 aliphatic heterocycles. The lowest BCUT2D eigenvalue weighted by molar-refractivity contribution is -0.119. The Morgan fingerprint density at radius 2 is 1.24 bits per heavy atom. The van der Waals surface area contributed by atoms with Crippen LogP contribution in [0.3, 0.4) is 0 Å². The van der Waals surface area contributed by atoms with Crippen molar-refractivity contribution in [3.8, 4) is 0 Å². The Bertz CT molecular complexity index is 2680. The molecule has 2 aromatic heterocycles. The fourth-order valence-electron chi connectivity index (χ4n) is 9.64. The van der Waals surface area contributed by atoms with E-state index in [9.17, 15) is 28.8 Å². The van der Waals surface area contributed by atoms with Gasteiger partial charge in [-0.3, -0.25) is 29.1 Å². The first kappa shape index (κ1) is 59.6. The molecule has 0 saturated carbocycles. The van der Waals surface area contributed by atoms with E-state index in [4.69, 9.17) is 36.9 Å². The summed E-state index contributed by atoms with van der Waals surface area (Å²) >= 11 is 0. The number of ketones is 2. The van der Waals surface area contributed by atoms with E-state index >= 15 is 0 Å². The Hall–Kier alpha value is -5.60. The number of Topliss-reactive ketones (excluding diaryl/α,β-unsaturated/α-hetero) is 2. The van der Waals surface area contributed by atoms with E-state index < -0.39 is 78.6 Å². The molecule has 0 aliphatic carbocycles. The summed E-state index contributed by atoms with van der Waals surface area (Å²) in [5, 5.41) is 5.24. The normalized spacial score (nSPS) is 19.2. The van der Waals surface area contributed by atoms with Gasteiger partial charge in [0.2, 0.25) is 5.95 Å². The molecular formula is C54H77N7O13Si2. The van der Waals surface area contributed by atoms with Crippen LogP contribution in [0.5, 0.6) is 0 Å². The highest BCUT2D eigenvalue weighted by atomic mass is 28.5. The molecule has 2 amide bonds. The van der Waals surface area contributed by atoms with Crippen LogP contribution < -0.4 is 10.6 Å². The van der Waals surface area contributed by atoms with Crippen molar-refractivity contribution in [3.05, 3.63) is 77.1 Å². The van der Waals surface area contributed by atoms with E-state index in [1.54, 1.807) is 41.0 Å². The minimum atomic E-state index is -3.18. The van der Waals surface area contributed by atoms with Crippen molar-refractivity contribution >= 4 is 75.4 Å². The summed E-state index contributed by atoms with van der Waals surface area (Å²) in [5.41, 5.74) is 0.751. The Balaban J connectivity index is 1.37. The zero-order valence-corrected chi connectivity index (χ0v) is 48.1. The quantitative estimate of drug-likeness (QED) is 0.0358. The smallest absolute Gasteiger partial charge is 0.339 e. The molecule has 2 N–H and O–H groups in total. The predicted molar refractivity (Wildman–Crippen MR) is 290 cm³/mol. The van der Waals surface area contributed by atoms with Crippen molar-refractivity contribution < 1.29 is 60.7 Å². The monoisotopic (exact) mass is 1090 g/mol. The van der Waals surface area contributed by atoms with E-state index in [2.05, 4.69) is 76.0 Å². The average Bonchev–Trinajstić information content (AvgIpc) is 3.97. The highest BCUT2D eigenvalue weighted by molar-refractivity contribution is 6.84. The van der Waals surface area contributed by atoms with E-state index in [1.165, 1.54) is 18.5 Å². The molecule has 4 aromatic rings. The zero-order chi connectivity index (χ0) is 55.5. The van der Waals surface area contributed by atoms with E-state index in [0.717, 1.165) is 12.8 Å². The van der Waals surface area contributed by atoms with Crippen LogP contribution in [0.25, 0.3) is 11.2 Å². The standard InChI is InChI=1S/C54H77N7O13Si2/c1-13-15-25-41(62)37-21-17-19-23-39(37)52(66)69-30-44(64)56-49-46-50(59-54(58-49)57-45(65)31-70-53(67)40-24-20-18-22-38(40)42(63)26-16-14-2)61(32-55-46)51-48(68-28-27-60(11)12)47-43(72-51)29-71-75(33(3)4,34(5)6)74-76(73-47,35(7)8)36(9)10/h17-24,32-36,43,47-48,51H,13-16,25-31H2,1-12H3,(H2,56,57,58,59,64,65)/t43-,47-,48-,51-/m1/s1. The number of likely N-dealkylation sites (N-methyl/N-ethyl adjacent to an activating group) is 1. The number of benzene rings is 2. The van der Waals surface area contributed by atoms with Gasteiger partial charge < -0.3 is 42.1 Å². The second-order valence-corrected chi connectivity index (χ2v) is 29.7. The number of hydrogen-bond acceptors (Lipinski definition) is 17. The summed E-state index contributed by atoms with van der Waals surface area (Å²) < 4.78 is 48.3. The molecule has 4 atom stereocenters. The van der Waals surface area contributed by atoms with E-state index in [0.29, 0.717) is 19.4 Å². The maximum Gasteiger partial charge on any atom is 0.339 e. The molecule has 414 valence electrons. The molecule has 2 aromatic carbocycles. The number of fused-ring (bicyclic) bond motifs is 2. The summed E-state index contributed by atoms with van der Waals surface area (Å²) in [7, 11) is -2.28. The van der Waals surface area contributed by atoms with Crippen LogP contribution in [0.2, 0.25) is 22.2 Å². The highest BCUT2D eigenvalue weighted by Gasteiger charge is 2.62. The second-order valence-electron chi connectivity index (χ2n) is 20.9. The van der Waals surface area contributed by atoms with Crippen molar-refractivity contribution in [1.82, 2.24) is 24.4 Å². The number of carbonyl (C=O) groups is 6. The first-order valence-electron chi connectivity index (χ1n) is 26.5. The van der Waals surface area contributed by atoms with Gasteiger partial charge in [-0.25, -0.2) is 14.6 Å². The number of amides is 2. The number of rotatable bonds is 25. The van der Waals surface area contributed by atoms with Crippen molar-refractivity contribution in [1.29, 1.82) is 0 Å². The molecule has 0 bridgehead atoms. The SMILES string of the molecule is CCCCC(=O)c1ccccc1C(=O)OCC(=O)Nc1nc(NC(=O)COC(=O)c2ccccc2C(=O)CCCC)c2ncn([C@@H]3O[C@@H]4CO[Si](C(C)C)(C(C)C)O[Si](C(C)C)(C(C)C)O[C@H]4[C@H]3OCCN(C)C)c2n1. The number of esters is 2. The van der Waals surface area contributed by atoms with Crippen LogP contribution in [-0.4, -0.2) is 142 Å². The fraction of sp³-hybridized carbons (Fsp3) is 0.574. The molecule has 2 fully saturated rings. The van der Waals surface area contributed by atoms with Gasteiger partial charge in [-0.2, -0.15) is 9.97 Å². The molecule has 76 heavy (non-hydrogen) atoms. The van der Waals surface area contributed by atoms with Crippen LogP contribution in [0, 0.1) is 0 Å². The number of nitrogens with one attached hydrogen (secondary N) is 2. The fourth-order valence-corrected chi connectivity index (χ4v) is 20.8. The first-order chi connectivity index (χ1) is 36.2. The number of carbonyl (C=O) groups excluding carboxylic acids is 6. The van der Waals surface area contributed by atoms with Gasteiger partial charge in [0, 0.05) is 30.5 Å². The lowest BCUT2D eigenvalue weighted by atomic mass is 10.00. The summed E-state index contributed by atoms with van der Waals surface area (Å²) in [6.07, 6.45) is 1.74. The van der Waals surface area contributed by atoms with Crippen molar-refractivity contribution in [2.24, 2.45) is 0 Å². The third kappa shape index (κ3) is 13.7. The van der Waals surface area contributed by atoms with Gasteiger partial charge in [0.05, 0.1) is 30.7 Å². The topological polar surface area (TPSA) is 238 Å². The number of aromatic nitrogens is 4. The van der Waals surface area contributed by atoms with Gasteiger partial charge >= 0.3 is 29.1 Å². The van der Waals surface area contributed by atoms with Crippen LogP contribution >= 0.6 is 0 Å². The molecule has 2 saturated heterocycles. The molecule has 2 aliphatic rings. The largest absolute Gasteiger partial charge is 0.452 e. The minimum Gasteiger partial charge on any atom is -0.452 e. The molecule has 4 heterocycles. The summed E-state index contributed by atoms with van der Waals surface area (Å²) in [6.45, 7) is 20.4. The third-order valence-corrected chi connectivity index (χ3v) is 24.0. The van der Waals surface area contributed by atoms with Crippen molar-refractivity contribution in [2.45, 2.75) is 154 Å². The number of unbranched alkanes of at least 4 members (excludes halogenated alkanes) is 2. The molecule has 0 unspecified atom stereocenters. The Morgan fingerprint density at radius 3 is 1.74 bits per heavy atom. The molecule has 6 rings (SSSR count). The molecule has 0 spiro atoms. The van der Waals surface area contributed by atoms with Gasteiger partial charge in [-0.1, -0.05) is 118 Å². The molecular weight excluding hydrogens is 1010 g/mol. The summed E-state index contributed by atoms with van der Waals surface area (Å²) in [6, 6.07) is 12.5. The number of anilines is 2. The van der Waals surface area contributed by atoms with Gasteiger partial charge in [0.25, 0.3) is 11.8 Å². The van der Waals surface area contributed by atoms with Crippen molar-refractivity contribution in [3.63, 3.8) is 0 Å². The van der Waals surface area contributed by atoms with Gasteiger partial charge in [0.15, 0.2) is 48.0 Å². The number of hydrogen-bond donors (Lipinski definition) is 2. The van der Waals surface area contributed by atoms with Crippen LogP contribution in [0.15, 0.2) is 54.9 Å². The Labute approximate surface area is 448 Å². The van der Waals surface area contributed by atoms with Crippen LogP contribution in [0.4, 0.5) is 11.8 Å². The number of nitrogens with zero attached hydrogens (tertiary/aromatic N) is 5. The average molecular weight is 1090 g/mol. The van der Waals surface area contributed by atoms with Gasteiger partial charge in [-0.05, 0) is 61.2 Å². The Morgan fingerprint density at radius 1 is 0.724 bits per heavy atom. The van der Waals surface area contributed by atoms with E-state index in [-0.39, 0.29) is 105 Å². The molecule has 0 radical (unpaired) electrons. The van der Waals surface area contributed by atoms with Gasteiger partial charge in [-0.15, -0.1) is 0 Å². The van der Waals surface area contributed by atoms with E-state index in [1.807, 2.05) is 32.8 Å². The maximum absolute atomic E-state index is 13.8. The van der Waals surface area contributed by atoms with Crippen LogP contribution in [0.1, 0.15) is 155 Å². The predicted octanol–water partition coefficient (Wildman–Crippen LogP) is 8.96. The number of imidazole rings is 1. The zero-order valence-electron chi connectivity index (χ0n) is 46.1. The second kappa shape index (κ2) is 26.6. The molecule has 20 nitrogen and oxygen atoms in total. The highest BCUT2D eigenvalue weighted by Crippen LogP contribution is 2.49. The summed E-state index contributed by atoms with van der Waals surface area (Å²) in [5.74, 6) is -4.37.